The number of hydrogen-bond acceptors (Lipinski definition) is 2. The van der Waals surface area contributed by atoms with E-state index in [1.165, 1.54) is 4.90 Å². The lowest BCUT2D eigenvalue weighted by atomic mass is 10.4. The Morgan fingerprint density at radius 1 is 1.50 bits per heavy atom. The zero-order valence-electron chi connectivity index (χ0n) is 7.30. The maximum absolute atomic E-state index is 7.63. The van der Waals surface area contributed by atoms with Gasteiger partial charge in [-0.1, -0.05) is 6.92 Å². The van der Waals surface area contributed by atoms with E-state index in [9.17, 15) is 0 Å². The molecule has 1 fully saturated rings. The molecule has 1 aliphatic rings. The summed E-state index contributed by atoms with van der Waals surface area (Å²) in [4.78, 5) is 3.39. The number of nitrogens with two attached hydrogens (primary N) is 1. The van der Waals surface area contributed by atoms with E-state index in [4.69, 9.17) is 16.6 Å². The largest absolute Gasteiger partial charge is 0.370 e. The smallest absolute Gasteiger partial charge is 0.200 e. The minimum atomic E-state index is -0.0336. The molecule has 0 aromatic carbocycles. The van der Waals surface area contributed by atoms with Gasteiger partial charge < -0.3 is 10.6 Å². The molecule has 0 atom stereocenters. The van der Waals surface area contributed by atoms with Crippen molar-refractivity contribution in [3.8, 4) is 0 Å². The molecule has 1 aliphatic heterocycles. The van der Waals surface area contributed by atoms with Crippen molar-refractivity contribution in [2.75, 3.05) is 19.6 Å². The van der Waals surface area contributed by atoms with Gasteiger partial charge in [0.15, 0.2) is 5.96 Å². The molecule has 1 heterocycles. The van der Waals surface area contributed by atoms with E-state index >= 15 is 0 Å². The standard InChI is InChI=1S/C7H15N5/c1-2-3-12(6(8)9)7(10)11-4-5-11/h10H,2-5H2,1H3,(H3,8,9). The highest BCUT2D eigenvalue weighted by Crippen LogP contribution is 2.07. The van der Waals surface area contributed by atoms with Crippen LogP contribution in [0.25, 0.3) is 0 Å². The highest BCUT2D eigenvalue weighted by atomic mass is 15.4. The molecule has 0 spiro atoms. The van der Waals surface area contributed by atoms with Crippen LogP contribution in [-0.4, -0.2) is 41.4 Å². The molecule has 0 aromatic heterocycles. The zero-order valence-corrected chi connectivity index (χ0v) is 7.30. The summed E-state index contributed by atoms with van der Waals surface area (Å²) < 4.78 is 0. The maximum atomic E-state index is 7.63. The summed E-state index contributed by atoms with van der Waals surface area (Å²) in [7, 11) is 0. The second kappa shape index (κ2) is 3.42. The Balaban J connectivity index is 2.51. The van der Waals surface area contributed by atoms with Crippen LogP contribution in [0.3, 0.4) is 0 Å². The molecule has 0 amide bonds. The molecule has 68 valence electrons. The minimum Gasteiger partial charge on any atom is -0.370 e. The highest BCUT2D eigenvalue weighted by molar-refractivity contribution is 5.95. The van der Waals surface area contributed by atoms with Crippen LogP contribution < -0.4 is 5.73 Å². The first-order valence-electron chi connectivity index (χ1n) is 4.12. The molecule has 5 heteroatoms. The van der Waals surface area contributed by atoms with Crippen molar-refractivity contribution in [2.45, 2.75) is 13.3 Å². The monoisotopic (exact) mass is 169 g/mol. The van der Waals surface area contributed by atoms with E-state index in [-0.39, 0.29) is 5.96 Å². The van der Waals surface area contributed by atoms with Gasteiger partial charge in [-0.2, -0.15) is 0 Å². The van der Waals surface area contributed by atoms with E-state index in [0.29, 0.717) is 12.5 Å². The number of nitrogens with one attached hydrogen (secondary N) is 2. The summed E-state index contributed by atoms with van der Waals surface area (Å²) in [5, 5.41) is 14.9. The summed E-state index contributed by atoms with van der Waals surface area (Å²) in [5.74, 6) is 0.332. The fourth-order valence-corrected chi connectivity index (χ4v) is 0.997. The fraction of sp³-hybridized carbons (Fsp3) is 0.714. The van der Waals surface area contributed by atoms with E-state index in [1.54, 1.807) is 0 Å². The normalized spacial score (nSPS) is 14.2. The predicted octanol–water partition coefficient (Wildman–Crippen LogP) is -0.158. The quantitative estimate of drug-likeness (QED) is 0.305. The Morgan fingerprint density at radius 2 is 2.08 bits per heavy atom. The third-order valence-corrected chi connectivity index (χ3v) is 1.74. The minimum absolute atomic E-state index is 0.0336. The van der Waals surface area contributed by atoms with Crippen molar-refractivity contribution < 1.29 is 0 Å². The van der Waals surface area contributed by atoms with Crippen LogP contribution in [0.15, 0.2) is 0 Å². The Hall–Kier alpha value is -1.26. The van der Waals surface area contributed by atoms with Gasteiger partial charge in [-0.3, -0.25) is 15.7 Å². The highest BCUT2D eigenvalue weighted by Gasteiger charge is 2.26. The van der Waals surface area contributed by atoms with Gasteiger partial charge in [0.1, 0.15) is 0 Å². The Morgan fingerprint density at radius 3 is 2.42 bits per heavy atom. The first kappa shape index (κ1) is 8.83. The molecule has 0 unspecified atom stereocenters. The van der Waals surface area contributed by atoms with Crippen molar-refractivity contribution in [2.24, 2.45) is 5.73 Å². The lowest BCUT2D eigenvalue weighted by Crippen LogP contribution is -2.44. The Kier molecular flexibility index (Phi) is 2.52. The molecule has 0 saturated carbocycles. The molecule has 0 radical (unpaired) electrons. The fourth-order valence-electron chi connectivity index (χ4n) is 0.997. The Bertz CT molecular complexity index is 196. The van der Waals surface area contributed by atoms with Gasteiger partial charge in [-0.15, -0.1) is 0 Å². The van der Waals surface area contributed by atoms with Gasteiger partial charge in [-0.25, -0.2) is 0 Å². The van der Waals surface area contributed by atoms with Crippen molar-refractivity contribution in [1.82, 2.24) is 9.80 Å². The van der Waals surface area contributed by atoms with Gasteiger partial charge in [-0.05, 0) is 6.42 Å². The molecule has 0 aromatic rings. The average molecular weight is 169 g/mol. The third kappa shape index (κ3) is 1.87. The molecule has 1 rings (SSSR count). The Labute approximate surface area is 72.2 Å². The van der Waals surface area contributed by atoms with Crippen LogP contribution in [0.5, 0.6) is 0 Å². The van der Waals surface area contributed by atoms with Crippen LogP contribution >= 0.6 is 0 Å². The van der Waals surface area contributed by atoms with E-state index in [0.717, 1.165) is 19.5 Å². The molecule has 5 nitrogen and oxygen atoms in total. The molecule has 0 aliphatic carbocycles. The van der Waals surface area contributed by atoms with Crippen LogP contribution in [0.1, 0.15) is 13.3 Å². The van der Waals surface area contributed by atoms with Crippen LogP contribution in [0.2, 0.25) is 0 Å². The molecule has 0 bridgehead atoms. The van der Waals surface area contributed by atoms with Crippen LogP contribution in [0, 0.1) is 10.8 Å². The van der Waals surface area contributed by atoms with E-state index in [2.05, 4.69) is 0 Å². The molecule has 12 heavy (non-hydrogen) atoms. The predicted molar refractivity (Wildman–Crippen MR) is 48.2 cm³/mol. The van der Waals surface area contributed by atoms with Gasteiger partial charge in [0.25, 0.3) is 0 Å². The van der Waals surface area contributed by atoms with Gasteiger partial charge in [0, 0.05) is 19.6 Å². The number of nitrogens with zero attached hydrogens (tertiary/aromatic N) is 2. The second-order valence-corrected chi connectivity index (χ2v) is 2.85. The first-order valence-corrected chi connectivity index (χ1v) is 4.12. The zero-order chi connectivity index (χ0) is 9.14. The summed E-state index contributed by atoms with van der Waals surface area (Å²) in [5.41, 5.74) is 5.33. The number of hydrogen-bond donors (Lipinski definition) is 3. The van der Waals surface area contributed by atoms with E-state index < -0.39 is 0 Å². The second-order valence-electron chi connectivity index (χ2n) is 2.85. The maximum Gasteiger partial charge on any atom is 0.200 e. The molecular formula is C7H15N5. The SMILES string of the molecule is CCCN(C(=N)N)C(=N)N1CC1. The molecule has 4 N–H and O–H groups in total. The molecule has 1 saturated heterocycles. The third-order valence-electron chi connectivity index (χ3n) is 1.74. The van der Waals surface area contributed by atoms with Gasteiger partial charge in [0.2, 0.25) is 5.96 Å². The van der Waals surface area contributed by atoms with Gasteiger partial charge >= 0.3 is 0 Å². The topological polar surface area (TPSA) is 80.0 Å². The van der Waals surface area contributed by atoms with Crippen LogP contribution in [-0.2, 0) is 0 Å². The van der Waals surface area contributed by atoms with Crippen LogP contribution in [0.4, 0.5) is 0 Å². The number of guanidine groups is 2. The average Bonchev–Trinajstić information content (AvgIpc) is 2.80. The summed E-state index contributed by atoms with van der Waals surface area (Å²) in [6, 6.07) is 0. The first-order chi connectivity index (χ1) is 5.66. The summed E-state index contributed by atoms with van der Waals surface area (Å²) in [6.07, 6.45) is 0.899. The van der Waals surface area contributed by atoms with E-state index in [1.807, 2.05) is 11.8 Å². The number of rotatable bonds is 2. The molecular weight excluding hydrogens is 154 g/mol. The summed E-state index contributed by atoms with van der Waals surface area (Å²) >= 11 is 0. The van der Waals surface area contributed by atoms with Crippen molar-refractivity contribution in [3.05, 3.63) is 0 Å². The van der Waals surface area contributed by atoms with Crippen molar-refractivity contribution in [3.63, 3.8) is 0 Å². The lowest BCUT2D eigenvalue weighted by Gasteiger charge is -2.22. The summed E-state index contributed by atoms with van der Waals surface area (Å²) in [6.45, 7) is 4.51. The van der Waals surface area contributed by atoms with Crippen molar-refractivity contribution >= 4 is 11.9 Å². The van der Waals surface area contributed by atoms with Gasteiger partial charge in [0.05, 0.1) is 0 Å². The van der Waals surface area contributed by atoms with Crippen molar-refractivity contribution in [1.29, 1.82) is 10.8 Å². The lowest BCUT2D eigenvalue weighted by molar-refractivity contribution is 0.528.